The van der Waals surface area contributed by atoms with Crippen LogP contribution in [0.15, 0.2) is 24.3 Å². The number of fused-ring (bicyclic) bond motifs is 3. The van der Waals surface area contributed by atoms with Gasteiger partial charge in [0, 0.05) is 52.1 Å². The van der Waals surface area contributed by atoms with Crippen LogP contribution in [-0.2, 0) is 17.6 Å². The maximum atomic E-state index is 14.3. The Morgan fingerprint density at radius 2 is 1.97 bits per heavy atom. The van der Waals surface area contributed by atoms with Crippen molar-refractivity contribution < 1.29 is 13.6 Å². The molecule has 1 unspecified atom stereocenters. The summed E-state index contributed by atoms with van der Waals surface area (Å²) in [7, 11) is 0. The van der Waals surface area contributed by atoms with Gasteiger partial charge >= 0.3 is 0 Å². The summed E-state index contributed by atoms with van der Waals surface area (Å²) in [6.07, 6.45) is 3.41. The second kappa shape index (κ2) is 6.23. The summed E-state index contributed by atoms with van der Waals surface area (Å²) in [4.78, 5) is 18.7. The third-order valence-corrected chi connectivity index (χ3v) is 9.04. The van der Waals surface area contributed by atoms with Crippen molar-refractivity contribution in [3.05, 3.63) is 35.5 Å². The molecule has 172 valence electrons. The third kappa shape index (κ3) is 2.50. The van der Waals surface area contributed by atoms with Crippen LogP contribution in [0.3, 0.4) is 0 Å². The zero-order valence-electron chi connectivity index (χ0n) is 18.6. The molecule has 8 heteroatoms. The fourth-order valence-electron chi connectivity index (χ4n) is 6.68. The lowest BCUT2D eigenvalue weighted by molar-refractivity contribution is -0.126. The van der Waals surface area contributed by atoms with E-state index in [1.54, 1.807) is 6.92 Å². The van der Waals surface area contributed by atoms with Crippen molar-refractivity contribution in [2.24, 2.45) is 16.7 Å². The number of carbonyl (C=O) groups excluding carboxylic acids is 1. The molecule has 1 amide bonds. The Hall–Kier alpha value is -2.74. The Morgan fingerprint density at radius 3 is 2.79 bits per heavy atom. The number of aromatic amines is 2. The summed E-state index contributed by atoms with van der Waals surface area (Å²) in [6.45, 7) is 4.23. The highest BCUT2D eigenvalue weighted by Gasteiger charge is 2.78. The zero-order chi connectivity index (χ0) is 22.6. The van der Waals surface area contributed by atoms with Gasteiger partial charge in [-0.2, -0.15) is 5.10 Å². The Morgan fingerprint density at radius 1 is 1.15 bits per heavy atom. The number of benzene rings is 1. The van der Waals surface area contributed by atoms with Crippen molar-refractivity contribution in [1.82, 2.24) is 20.5 Å². The number of nitrogens with one attached hydrogen (secondary N) is 3. The average Bonchev–Trinajstić information content (AvgIpc) is 3.30. The Kier molecular flexibility index (Phi) is 3.72. The third-order valence-electron chi connectivity index (χ3n) is 9.04. The van der Waals surface area contributed by atoms with Crippen molar-refractivity contribution in [2.75, 3.05) is 24.5 Å². The normalized spacial score (nSPS) is 29.5. The smallest absolute Gasteiger partial charge is 0.258 e. The molecule has 4 heterocycles. The lowest BCUT2D eigenvalue weighted by Gasteiger charge is -2.32. The van der Waals surface area contributed by atoms with Gasteiger partial charge in [-0.25, -0.2) is 8.78 Å². The number of amides is 1. The monoisotopic (exact) mass is 451 g/mol. The molecular weight excluding hydrogens is 424 g/mol. The Labute approximate surface area is 190 Å². The van der Waals surface area contributed by atoms with Gasteiger partial charge in [0.05, 0.1) is 11.1 Å². The molecule has 2 aliphatic heterocycles. The average molecular weight is 452 g/mol. The number of H-pyrrole nitrogens is 2. The van der Waals surface area contributed by atoms with Gasteiger partial charge in [-0.15, -0.1) is 0 Å². The zero-order valence-corrected chi connectivity index (χ0v) is 18.6. The van der Waals surface area contributed by atoms with Gasteiger partial charge in [0.15, 0.2) is 0 Å². The van der Waals surface area contributed by atoms with Gasteiger partial charge in [-0.3, -0.25) is 9.89 Å². The highest BCUT2D eigenvalue weighted by atomic mass is 19.3. The van der Waals surface area contributed by atoms with Crippen LogP contribution >= 0.6 is 0 Å². The van der Waals surface area contributed by atoms with E-state index in [2.05, 4.69) is 20.5 Å². The fraction of sp³-hybridized carbons (Fsp3) is 0.520. The number of anilines is 1. The first-order valence-corrected chi connectivity index (χ1v) is 11.9. The number of halogens is 2. The molecule has 1 aromatic carbocycles. The molecule has 3 aromatic rings. The molecule has 2 saturated heterocycles. The number of carbonyl (C=O) groups is 1. The first-order valence-electron chi connectivity index (χ1n) is 11.9. The van der Waals surface area contributed by atoms with E-state index in [9.17, 15) is 13.6 Å². The molecule has 3 fully saturated rings. The second-order valence-electron chi connectivity index (χ2n) is 10.7. The molecule has 1 saturated carbocycles. The summed E-state index contributed by atoms with van der Waals surface area (Å²) in [5, 5.41) is 11.9. The molecule has 0 bridgehead atoms. The molecule has 4 aliphatic rings. The standard InChI is InChI=1S/C25H27F2N5O/c1-23-13-19-16(12-20(23)25(23,26)27)21(31-30-19)18-10-14-2-3-15(11-17(14)29-18)32-9-6-24(22(32)33)4-7-28-8-5-24/h2-3,10-11,20,28-29H,4-9,12-13H2,1H3,(H,30,31)/t20-,23?/m0/s1. The van der Waals surface area contributed by atoms with Crippen LogP contribution in [0.1, 0.15) is 37.4 Å². The molecule has 3 N–H and O–H groups in total. The van der Waals surface area contributed by atoms with E-state index >= 15 is 0 Å². The molecule has 33 heavy (non-hydrogen) atoms. The summed E-state index contributed by atoms with van der Waals surface area (Å²) in [5.74, 6) is -2.97. The lowest BCUT2D eigenvalue weighted by Crippen LogP contribution is -2.42. The van der Waals surface area contributed by atoms with Crippen molar-refractivity contribution in [2.45, 2.75) is 45.0 Å². The molecule has 2 aliphatic carbocycles. The van der Waals surface area contributed by atoms with Crippen molar-refractivity contribution >= 4 is 22.5 Å². The minimum absolute atomic E-state index is 0.214. The number of rotatable bonds is 2. The van der Waals surface area contributed by atoms with E-state index in [1.807, 2.05) is 29.2 Å². The molecule has 2 aromatic heterocycles. The van der Waals surface area contributed by atoms with Crippen molar-refractivity contribution in [3.63, 3.8) is 0 Å². The highest BCUT2D eigenvalue weighted by molar-refractivity contribution is 6.01. The van der Waals surface area contributed by atoms with E-state index in [0.717, 1.165) is 78.1 Å². The molecule has 0 radical (unpaired) electrons. The predicted octanol–water partition coefficient (Wildman–Crippen LogP) is 4.03. The summed E-state index contributed by atoms with van der Waals surface area (Å²) in [6, 6.07) is 8.08. The number of hydrogen-bond acceptors (Lipinski definition) is 3. The van der Waals surface area contributed by atoms with Gasteiger partial charge in [-0.1, -0.05) is 13.0 Å². The Balaban J connectivity index is 1.20. The van der Waals surface area contributed by atoms with Crippen LogP contribution in [0.2, 0.25) is 0 Å². The van der Waals surface area contributed by atoms with Crippen LogP contribution in [0.5, 0.6) is 0 Å². The van der Waals surface area contributed by atoms with Crippen molar-refractivity contribution in [1.29, 1.82) is 0 Å². The minimum Gasteiger partial charge on any atom is -0.353 e. The predicted molar refractivity (Wildman–Crippen MR) is 121 cm³/mol. The topological polar surface area (TPSA) is 76.8 Å². The number of piperidine rings is 1. The number of alkyl halides is 2. The van der Waals surface area contributed by atoms with E-state index in [0.29, 0.717) is 12.8 Å². The van der Waals surface area contributed by atoms with E-state index in [-0.39, 0.29) is 11.3 Å². The minimum atomic E-state index is -2.60. The molecule has 6 nitrogen and oxygen atoms in total. The number of aromatic nitrogens is 3. The van der Waals surface area contributed by atoms with Gasteiger partial charge in [0.2, 0.25) is 5.91 Å². The first kappa shape index (κ1) is 19.7. The molecule has 1 spiro atoms. The SMILES string of the molecule is CC12Cc3[nH]nc(-c4cc5ccc(N6CCC7(CCNCC7)C6=O)cc5[nH]4)c3C[C@@H]1C2(F)F. The van der Waals surface area contributed by atoms with Gasteiger partial charge in [0.1, 0.15) is 5.69 Å². The van der Waals surface area contributed by atoms with E-state index < -0.39 is 17.3 Å². The summed E-state index contributed by atoms with van der Waals surface area (Å²) < 4.78 is 28.6. The molecular formula is C25H27F2N5O. The van der Waals surface area contributed by atoms with Crippen LogP contribution in [-0.4, -0.2) is 46.6 Å². The summed E-state index contributed by atoms with van der Waals surface area (Å²) >= 11 is 0. The van der Waals surface area contributed by atoms with Crippen molar-refractivity contribution in [3.8, 4) is 11.4 Å². The van der Waals surface area contributed by atoms with Gasteiger partial charge in [0.25, 0.3) is 5.92 Å². The fourth-order valence-corrected chi connectivity index (χ4v) is 6.68. The van der Waals surface area contributed by atoms with Crippen LogP contribution in [0.4, 0.5) is 14.5 Å². The van der Waals surface area contributed by atoms with Crippen LogP contribution in [0.25, 0.3) is 22.3 Å². The van der Waals surface area contributed by atoms with Crippen LogP contribution < -0.4 is 10.2 Å². The quantitative estimate of drug-likeness (QED) is 0.551. The first-order chi connectivity index (χ1) is 15.8. The Bertz CT molecular complexity index is 1300. The second-order valence-corrected chi connectivity index (χ2v) is 10.7. The lowest BCUT2D eigenvalue weighted by atomic mass is 9.78. The van der Waals surface area contributed by atoms with E-state index in [1.165, 1.54) is 0 Å². The number of nitrogens with zero attached hydrogens (tertiary/aromatic N) is 2. The highest BCUT2D eigenvalue weighted by Crippen LogP contribution is 2.70. The van der Waals surface area contributed by atoms with Gasteiger partial charge < -0.3 is 15.2 Å². The molecule has 7 rings (SSSR count). The summed E-state index contributed by atoms with van der Waals surface area (Å²) in [5.41, 5.74) is 3.98. The number of hydrogen-bond donors (Lipinski definition) is 3. The maximum Gasteiger partial charge on any atom is 0.258 e. The maximum absolute atomic E-state index is 14.3. The van der Waals surface area contributed by atoms with E-state index in [4.69, 9.17) is 0 Å². The van der Waals surface area contributed by atoms with Gasteiger partial charge in [-0.05, 0) is 57.0 Å². The molecule has 2 atom stereocenters. The van der Waals surface area contributed by atoms with Crippen LogP contribution in [0, 0.1) is 16.7 Å². The largest absolute Gasteiger partial charge is 0.353 e.